The molecule has 5 rings (SSSR count). The normalized spacial score (nSPS) is 24.3. The summed E-state index contributed by atoms with van der Waals surface area (Å²) in [5.74, 6) is 0. The van der Waals surface area contributed by atoms with Crippen LogP contribution in [0.5, 0.6) is 0 Å². The lowest BCUT2D eigenvalue weighted by atomic mass is 9.91. The largest absolute Gasteiger partial charge is 0.280 e. The molecule has 2 aromatic rings. The molecule has 0 N–H and O–H groups in total. The van der Waals surface area contributed by atoms with Crippen molar-refractivity contribution in [1.82, 2.24) is 19.2 Å². The quantitative estimate of drug-likeness (QED) is 0.816. The fraction of sp³-hybridized carbons (Fsp3) is 0.727. The number of likely N-dealkylation sites (tertiary alicyclic amines) is 1. The second-order valence-corrected chi connectivity index (χ2v) is 9.06. The summed E-state index contributed by atoms with van der Waals surface area (Å²) in [6.07, 6.45) is 14.1. The molecule has 146 valence electrons. The lowest BCUT2D eigenvalue weighted by molar-refractivity contribution is 0.133. The van der Waals surface area contributed by atoms with Crippen LogP contribution in [0.1, 0.15) is 88.5 Å². The van der Waals surface area contributed by atoms with E-state index in [9.17, 15) is 4.79 Å². The molecule has 27 heavy (non-hydrogen) atoms. The fourth-order valence-corrected chi connectivity index (χ4v) is 5.85. The van der Waals surface area contributed by atoms with E-state index >= 15 is 0 Å². The molecule has 0 amide bonds. The van der Waals surface area contributed by atoms with E-state index in [0.717, 1.165) is 43.4 Å². The molecule has 0 aromatic carbocycles. The minimum Gasteiger partial charge on any atom is -0.280 e. The van der Waals surface area contributed by atoms with Crippen molar-refractivity contribution >= 4 is 11.0 Å². The topological polar surface area (TPSA) is 43.1 Å². The summed E-state index contributed by atoms with van der Waals surface area (Å²) in [5, 5.41) is 5.97. The Balaban J connectivity index is 1.74. The monoisotopic (exact) mass is 368 g/mol. The molecule has 0 spiro atoms. The zero-order valence-corrected chi connectivity index (χ0v) is 16.8. The van der Waals surface area contributed by atoms with Crippen molar-refractivity contribution in [2.24, 2.45) is 0 Å². The first-order chi connectivity index (χ1) is 13.2. The molecule has 5 heteroatoms. The summed E-state index contributed by atoms with van der Waals surface area (Å²) in [7, 11) is 0. The van der Waals surface area contributed by atoms with Crippen LogP contribution in [0, 0.1) is 0 Å². The van der Waals surface area contributed by atoms with E-state index < -0.39 is 0 Å². The Morgan fingerprint density at radius 3 is 2.48 bits per heavy atom. The maximum absolute atomic E-state index is 13.7. The standard InChI is InChI=1S/C22H32N4O/c1-15(2)26-21-19(14-23-26)17-10-5-6-11-18(17)22(27)25(21)20-12-7-13-24(20)16-8-3-4-9-16/h14-16,20H,3-13H2,1-2H3. The zero-order chi connectivity index (χ0) is 18.5. The zero-order valence-electron chi connectivity index (χ0n) is 16.8. The highest BCUT2D eigenvalue weighted by Crippen LogP contribution is 2.37. The van der Waals surface area contributed by atoms with Gasteiger partial charge in [-0.15, -0.1) is 0 Å². The van der Waals surface area contributed by atoms with Gasteiger partial charge in [0, 0.05) is 29.6 Å². The number of hydrogen-bond donors (Lipinski definition) is 0. The molecule has 1 unspecified atom stereocenters. The van der Waals surface area contributed by atoms with Crippen LogP contribution in [0.15, 0.2) is 11.0 Å². The Kier molecular flexibility index (Phi) is 4.38. The van der Waals surface area contributed by atoms with Crippen LogP contribution in [0.2, 0.25) is 0 Å². The maximum atomic E-state index is 13.7. The van der Waals surface area contributed by atoms with Crippen molar-refractivity contribution in [1.29, 1.82) is 0 Å². The van der Waals surface area contributed by atoms with Gasteiger partial charge in [0.25, 0.3) is 5.56 Å². The fourth-order valence-electron chi connectivity index (χ4n) is 5.85. The molecule has 2 aliphatic carbocycles. The van der Waals surface area contributed by atoms with E-state index in [2.05, 4.69) is 28.0 Å². The van der Waals surface area contributed by atoms with Crippen LogP contribution in [-0.4, -0.2) is 31.8 Å². The summed E-state index contributed by atoms with van der Waals surface area (Å²) in [4.78, 5) is 16.4. The first kappa shape index (κ1) is 17.5. The summed E-state index contributed by atoms with van der Waals surface area (Å²) in [6, 6.07) is 0.919. The summed E-state index contributed by atoms with van der Waals surface area (Å²) in [5.41, 5.74) is 3.71. The molecule has 0 bridgehead atoms. The third-order valence-electron chi connectivity index (χ3n) is 7.11. The van der Waals surface area contributed by atoms with E-state index in [1.54, 1.807) is 0 Å². The number of rotatable bonds is 3. The van der Waals surface area contributed by atoms with Crippen molar-refractivity contribution in [3.05, 3.63) is 27.7 Å². The summed E-state index contributed by atoms with van der Waals surface area (Å²) < 4.78 is 4.26. The van der Waals surface area contributed by atoms with Crippen LogP contribution >= 0.6 is 0 Å². The Bertz CT molecular complexity index is 903. The van der Waals surface area contributed by atoms with Gasteiger partial charge in [0.05, 0.1) is 12.4 Å². The molecule has 3 heterocycles. The van der Waals surface area contributed by atoms with Gasteiger partial charge >= 0.3 is 0 Å². The second-order valence-electron chi connectivity index (χ2n) is 9.06. The smallest absolute Gasteiger partial charge is 0.257 e. The SMILES string of the molecule is CC(C)n1ncc2c3c(c(=O)n(C4CCCN4C4CCCC4)c21)CCCC3. The number of aryl methyl sites for hydroxylation is 1. The molecule has 1 aliphatic heterocycles. The van der Waals surface area contributed by atoms with Crippen molar-refractivity contribution in [3.63, 3.8) is 0 Å². The summed E-state index contributed by atoms with van der Waals surface area (Å²) >= 11 is 0. The average molecular weight is 369 g/mol. The molecular formula is C22H32N4O. The lowest BCUT2D eigenvalue weighted by Crippen LogP contribution is -2.41. The first-order valence-electron chi connectivity index (χ1n) is 11.1. The van der Waals surface area contributed by atoms with Gasteiger partial charge in [-0.25, -0.2) is 4.68 Å². The third-order valence-corrected chi connectivity index (χ3v) is 7.11. The molecule has 2 fully saturated rings. The molecule has 1 atom stereocenters. The first-order valence-corrected chi connectivity index (χ1v) is 11.1. The molecule has 1 saturated carbocycles. The van der Waals surface area contributed by atoms with Gasteiger partial charge in [-0.1, -0.05) is 12.8 Å². The van der Waals surface area contributed by atoms with E-state index in [-0.39, 0.29) is 17.8 Å². The predicted molar refractivity (Wildman–Crippen MR) is 108 cm³/mol. The Morgan fingerprint density at radius 2 is 1.74 bits per heavy atom. The number of aromatic nitrogens is 3. The van der Waals surface area contributed by atoms with Gasteiger partial charge in [0.1, 0.15) is 5.65 Å². The predicted octanol–water partition coefficient (Wildman–Crippen LogP) is 4.19. The number of hydrogen-bond acceptors (Lipinski definition) is 3. The minimum absolute atomic E-state index is 0.213. The number of pyridine rings is 1. The highest BCUT2D eigenvalue weighted by Gasteiger charge is 2.36. The van der Waals surface area contributed by atoms with Gasteiger partial charge in [0.15, 0.2) is 0 Å². The second kappa shape index (κ2) is 6.77. The van der Waals surface area contributed by atoms with Gasteiger partial charge in [0.2, 0.25) is 0 Å². The Hall–Kier alpha value is -1.62. The Morgan fingerprint density at radius 1 is 1.00 bits per heavy atom. The van der Waals surface area contributed by atoms with Crippen LogP contribution in [0.4, 0.5) is 0 Å². The molecule has 1 saturated heterocycles. The van der Waals surface area contributed by atoms with Crippen LogP contribution in [0.3, 0.4) is 0 Å². The molecule has 3 aliphatic rings. The summed E-state index contributed by atoms with van der Waals surface area (Å²) in [6.45, 7) is 5.48. The highest BCUT2D eigenvalue weighted by molar-refractivity contribution is 5.81. The van der Waals surface area contributed by atoms with Crippen LogP contribution < -0.4 is 5.56 Å². The van der Waals surface area contributed by atoms with Crippen molar-refractivity contribution < 1.29 is 0 Å². The lowest BCUT2D eigenvalue weighted by Gasteiger charge is -2.33. The van der Waals surface area contributed by atoms with Gasteiger partial charge in [-0.3, -0.25) is 14.3 Å². The molecule has 2 aromatic heterocycles. The van der Waals surface area contributed by atoms with Gasteiger partial charge < -0.3 is 0 Å². The molecular weight excluding hydrogens is 336 g/mol. The number of nitrogens with zero attached hydrogens (tertiary/aromatic N) is 4. The minimum atomic E-state index is 0.213. The molecule has 0 radical (unpaired) electrons. The van der Waals surface area contributed by atoms with E-state index in [1.165, 1.54) is 49.5 Å². The van der Waals surface area contributed by atoms with Gasteiger partial charge in [-0.2, -0.15) is 5.10 Å². The van der Waals surface area contributed by atoms with Gasteiger partial charge in [-0.05, 0) is 70.8 Å². The number of fused-ring (bicyclic) bond motifs is 3. The van der Waals surface area contributed by atoms with Crippen LogP contribution in [-0.2, 0) is 12.8 Å². The van der Waals surface area contributed by atoms with Crippen molar-refractivity contribution in [2.45, 2.75) is 96.3 Å². The third kappa shape index (κ3) is 2.69. The van der Waals surface area contributed by atoms with E-state index in [4.69, 9.17) is 5.10 Å². The Labute approximate surface area is 161 Å². The average Bonchev–Trinajstić information content (AvgIpc) is 3.42. The van der Waals surface area contributed by atoms with Crippen LogP contribution in [0.25, 0.3) is 11.0 Å². The highest BCUT2D eigenvalue weighted by atomic mass is 16.1. The van der Waals surface area contributed by atoms with E-state index in [0.29, 0.717) is 6.04 Å². The van der Waals surface area contributed by atoms with Crippen molar-refractivity contribution in [2.75, 3.05) is 6.54 Å². The molecule has 5 nitrogen and oxygen atoms in total. The van der Waals surface area contributed by atoms with Crippen molar-refractivity contribution in [3.8, 4) is 0 Å². The van der Waals surface area contributed by atoms with E-state index in [1.807, 2.05) is 6.20 Å². The maximum Gasteiger partial charge on any atom is 0.257 e.